The lowest BCUT2D eigenvalue weighted by Gasteiger charge is -2.06. The van der Waals surface area contributed by atoms with Gasteiger partial charge in [0.05, 0.1) is 22.0 Å². The summed E-state index contributed by atoms with van der Waals surface area (Å²) in [6.45, 7) is -0.0413. The van der Waals surface area contributed by atoms with Crippen LogP contribution in [0.25, 0.3) is 5.65 Å². The summed E-state index contributed by atoms with van der Waals surface area (Å²) in [6.07, 6.45) is 3.34. The van der Waals surface area contributed by atoms with Crippen LogP contribution in [0.4, 0.5) is 0 Å². The zero-order valence-electron chi connectivity index (χ0n) is 13.6. The van der Waals surface area contributed by atoms with Crippen molar-refractivity contribution in [3.8, 4) is 0 Å². The Labute approximate surface area is 155 Å². The molecular formula is C17H16ClN3O4S. The summed E-state index contributed by atoms with van der Waals surface area (Å²) in [6, 6.07) is 11.4. The van der Waals surface area contributed by atoms with E-state index >= 15 is 0 Å². The van der Waals surface area contributed by atoms with Crippen LogP contribution in [0.1, 0.15) is 12.1 Å². The average Bonchev–Trinajstić information content (AvgIpc) is 3.02. The maximum absolute atomic E-state index is 12.0. The van der Waals surface area contributed by atoms with Crippen LogP contribution in [0.5, 0.6) is 0 Å². The quantitative estimate of drug-likeness (QED) is 0.622. The van der Waals surface area contributed by atoms with Gasteiger partial charge in [-0.25, -0.2) is 18.1 Å². The Morgan fingerprint density at radius 2 is 1.92 bits per heavy atom. The monoisotopic (exact) mass is 393 g/mol. The minimum Gasteiger partial charge on any atom is -0.459 e. The van der Waals surface area contributed by atoms with Crippen molar-refractivity contribution in [3.05, 3.63) is 65.6 Å². The molecule has 2 heterocycles. The number of imidazole rings is 1. The van der Waals surface area contributed by atoms with Crippen molar-refractivity contribution < 1.29 is 17.9 Å². The number of aromatic nitrogens is 2. The molecule has 0 saturated carbocycles. The first-order valence-electron chi connectivity index (χ1n) is 7.77. The fourth-order valence-corrected chi connectivity index (χ4v) is 3.50. The molecule has 2 aromatic heterocycles. The largest absolute Gasteiger partial charge is 0.459 e. The van der Waals surface area contributed by atoms with E-state index < -0.39 is 16.0 Å². The highest BCUT2D eigenvalue weighted by Gasteiger charge is 2.14. The zero-order chi connectivity index (χ0) is 18.6. The normalized spacial score (nSPS) is 11.6. The van der Waals surface area contributed by atoms with E-state index in [1.165, 1.54) is 12.1 Å². The van der Waals surface area contributed by atoms with Crippen LogP contribution in [0.15, 0.2) is 59.8 Å². The molecule has 0 saturated heterocycles. The average molecular weight is 394 g/mol. The Morgan fingerprint density at radius 3 is 2.69 bits per heavy atom. The van der Waals surface area contributed by atoms with Crippen LogP contribution in [0.2, 0.25) is 5.02 Å². The number of rotatable bonds is 7. The fraction of sp³-hybridized carbons (Fsp3) is 0.176. The number of halogens is 1. The van der Waals surface area contributed by atoms with Crippen molar-refractivity contribution in [2.45, 2.75) is 17.9 Å². The second-order valence-electron chi connectivity index (χ2n) is 5.47. The van der Waals surface area contributed by atoms with E-state index in [1.54, 1.807) is 47.1 Å². The van der Waals surface area contributed by atoms with E-state index in [-0.39, 0.29) is 24.5 Å². The molecule has 0 fully saturated rings. The van der Waals surface area contributed by atoms with Crippen molar-refractivity contribution in [2.75, 3.05) is 6.54 Å². The Morgan fingerprint density at radius 1 is 1.15 bits per heavy atom. The van der Waals surface area contributed by atoms with Gasteiger partial charge in [0.1, 0.15) is 12.3 Å². The third-order valence-electron chi connectivity index (χ3n) is 3.52. The summed E-state index contributed by atoms with van der Waals surface area (Å²) in [5, 5.41) is 0.573. The smallest absolute Gasteiger partial charge is 0.307 e. The van der Waals surface area contributed by atoms with Gasteiger partial charge in [0, 0.05) is 18.9 Å². The number of fused-ring (bicyclic) bond motifs is 1. The number of carbonyl (C=O) groups is 1. The van der Waals surface area contributed by atoms with E-state index in [1.807, 2.05) is 0 Å². The van der Waals surface area contributed by atoms with Crippen molar-refractivity contribution in [2.24, 2.45) is 0 Å². The Hall–Kier alpha value is -2.42. The Kier molecular flexibility index (Phi) is 5.55. The molecule has 3 aromatic rings. The molecule has 26 heavy (non-hydrogen) atoms. The molecule has 0 amide bonds. The van der Waals surface area contributed by atoms with Crippen LogP contribution in [-0.2, 0) is 26.2 Å². The number of sulfonamides is 1. The second kappa shape index (κ2) is 7.86. The van der Waals surface area contributed by atoms with E-state index in [9.17, 15) is 13.2 Å². The van der Waals surface area contributed by atoms with E-state index in [0.29, 0.717) is 16.4 Å². The summed E-state index contributed by atoms with van der Waals surface area (Å²) in [5.74, 6) is -0.518. The molecular weight excluding hydrogens is 378 g/mol. The predicted octanol–water partition coefficient (Wildman–Crippen LogP) is 2.40. The molecule has 0 radical (unpaired) electrons. The first kappa shape index (κ1) is 18.4. The Bertz CT molecular complexity index is 1020. The number of esters is 1. The van der Waals surface area contributed by atoms with Gasteiger partial charge in [0.25, 0.3) is 0 Å². The van der Waals surface area contributed by atoms with E-state index in [2.05, 4.69) is 9.71 Å². The minimum absolute atomic E-state index is 0.00354. The fourth-order valence-electron chi connectivity index (χ4n) is 2.28. The molecule has 0 atom stereocenters. The topological polar surface area (TPSA) is 89.8 Å². The highest BCUT2D eigenvalue weighted by molar-refractivity contribution is 7.89. The van der Waals surface area contributed by atoms with Crippen molar-refractivity contribution >= 4 is 33.2 Å². The highest BCUT2D eigenvalue weighted by atomic mass is 35.5. The predicted molar refractivity (Wildman–Crippen MR) is 96.2 cm³/mol. The number of nitrogens with zero attached hydrogens (tertiary/aromatic N) is 2. The summed E-state index contributed by atoms with van der Waals surface area (Å²) < 4.78 is 33.3. The van der Waals surface area contributed by atoms with Gasteiger partial charge in [-0.05, 0) is 24.3 Å². The van der Waals surface area contributed by atoms with Gasteiger partial charge in [-0.3, -0.25) is 4.79 Å². The summed E-state index contributed by atoms with van der Waals surface area (Å²) >= 11 is 5.90. The highest BCUT2D eigenvalue weighted by Crippen LogP contribution is 2.12. The van der Waals surface area contributed by atoms with Crippen LogP contribution in [-0.4, -0.2) is 30.3 Å². The van der Waals surface area contributed by atoms with E-state index in [4.69, 9.17) is 16.3 Å². The maximum atomic E-state index is 12.0. The number of nitrogens with one attached hydrogen (secondary N) is 1. The van der Waals surface area contributed by atoms with Crippen molar-refractivity contribution in [3.63, 3.8) is 0 Å². The molecule has 0 aliphatic carbocycles. The standard InChI is InChI=1S/C17H16ClN3O4S/c18-13-6-7-16-20-14(11-21(16)10-13)12-25-17(22)8-9-19-26(23,24)15-4-2-1-3-5-15/h1-7,10-11,19H,8-9,12H2. The van der Waals surface area contributed by atoms with Gasteiger partial charge in [0.15, 0.2) is 0 Å². The van der Waals surface area contributed by atoms with Crippen molar-refractivity contribution in [1.82, 2.24) is 14.1 Å². The maximum Gasteiger partial charge on any atom is 0.307 e. The number of carbonyl (C=O) groups excluding carboxylic acids is 1. The van der Waals surface area contributed by atoms with Gasteiger partial charge >= 0.3 is 5.97 Å². The molecule has 0 aliphatic rings. The van der Waals surface area contributed by atoms with E-state index in [0.717, 1.165) is 0 Å². The summed E-state index contributed by atoms with van der Waals surface area (Å²) in [7, 11) is -3.63. The molecule has 0 aliphatic heterocycles. The van der Waals surface area contributed by atoms with Crippen LogP contribution in [0.3, 0.4) is 0 Å². The number of hydrogen-bond donors (Lipinski definition) is 1. The molecule has 1 aromatic carbocycles. The lowest BCUT2D eigenvalue weighted by atomic mass is 10.4. The molecule has 3 rings (SSSR count). The molecule has 9 heteroatoms. The molecule has 0 unspecified atom stereocenters. The SMILES string of the molecule is O=C(CCNS(=O)(=O)c1ccccc1)OCc1cn2cc(Cl)ccc2n1. The third-order valence-corrected chi connectivity index (χ3v) is 5.22. The molecule has 0 spiro atoms. The molecule has 7 nitrogen and oxygen atoms in total. The lowest BCUT2D eigenvalue weighted by Crippen LogP contribution is -2.26. The molecule has 1 N–H and O–H groups in total. The van der Waals surface area contributed by atoms with Gasteiger partial charge in [0.2, 0.25) is 10.0 Å². The summed E-state index contributed by atoms with van der Waals surface area (Å²) in [5.41, 5.74) is 1.27. The van der Waals surface area contributed by atoms with Gasteiger partial charge in [-0.15, -0.1) is 0 Å². The van der Waals surface area contributed by atoms with Gasteiger partial charge < -0.3 is 9.14 Å². The molecule has 0 bridgehead atoms. The van der Waals surface area contributed by atoms with Crippen LogP contribution >= 0.6 is 11.6 Å². The second-order valence-corrected chi connectivity index (χ2v) is 7.67. The number of pyridine rings is 1. The first-order valence-corrected chi connectivity index (χ1v) is 9.64. The number of ether oxygens (including phenoxy) is 1. The van der Waals surface area contributed by atoms with Gasteiger partial charge in [-0.1, -0.05) is 29.8 Å². The number of hydrogen-bond acceptors (Lipinski definition) is 5. The van der Waals surface area contributed by atoms with Gasteiger partial charge in [-0.2, -0.15) is 0 Å². The van der Waals surface area contributed by atoms with Crippen molar-refractivity contribution in [1.29, 1.82) is 0 Å². The zero-order valence-corrected chi connectivity index (χ0v) is 15.2. The number of benzene rings is 1. The summed E-state index contributed by atoms with van der Waals surface area (Å²) in [4.78, 5) is 16.2. The minimum atomic E-state index is -3.63. The molecule has 136 valence electrons. The van der Waals surface area contributed by atoms with Crippen LogP contribution in [0, 0.1) is 0 Å². The third kappa shape index (κ3) is 4.60. The Balaban J connectivity index is 1.48. The lowest BCUT2D eigenvalue weighted by molar-refractivity contribution is -0.144. The van der Waals surface area contributed by atoms with Crippen LogP contribution < -0.4 is 4.72 Å². The first-order chi connectivity index (χ1) is 12.4.